The molecule has 0 spiro atoms. The van der Waals surface area contributed by atoms with Crippen LogP contribution in [0.25, 0.3) is 0 Å². The van der Waals surface area contributed by atoms with Gasteiger partial charge in [-0.1, -0.05) is 30.3 Å². The van der Waals surface area contributed by atoms with Gasteiger partial charge in [-0.15, -0.1) is 0 Å². The molecular formula is C13H12O3. The zero-order valence-electron chi connectivity index (χ0n) is 8.67. The Morgan fingerprint density at radius 1 is 1.25 bits per heavy atom. The average Bonchev–Trinajstić information content (AvgIpc) is 2.82. The highest BCUT2D eigenvalue weighted by Gasteiger charge is 2.17. The average molecular weight is 216 g/mol. The highest BCUT2D eigenvalue weighted by atomic mass is 16.3. The Labute approximate surface area is 93.3 Å². The quantitative estimate of drug-likeness (QED) is 0.851. The van der Waals surface area contributed by atoms with Gasteiger partial charge in [0.05, 0.1) is 12.5 Å². The number of aliphatic hydroxyl groups excluding tert-OH is 1. The van der Waals surface area contributed by atoms with E-state index in [-0.39, 0.29) is 12.2 Å². The second-order valence-electron chi connectivity index (χ2n) is 3.59. The van der Waals surface area contributed by atoms with Gasteiger partial charge in [-0.05, 0) is 17.2 Å². The highest BCUT2D eigenvalue weighted by molar-refractivity contribution is 5.86. The van der Waals surface area contributed by atoms with Crippen molar-refractivity contribution in [3.63, 3.8) is 0 Å². The van der Waals surface area contributed by atoms with E-state index in [9.17, 15) is 9.90 Å². The van der Waals surface area contributed by atoms with Gasteiger partial charge < -0.3 is 9.52 Å². The van der Waals surface area contributed by atoms with Gasteiger partial charge in [-0.25, -0.2) is 0 Å². The Morgan fingerprint density at radius 2 is 2.00 bits per heavy atom. The van der Waals surface area contributed by atoms with Crippen molar-refractivity contribution in [1.29, 1.82) is 0 Å². The number of Topliss-reactive ketones (excluding diaryl/α,β-unsaturated/α-hetero) is 1. The van der Waals surface area contributed by atoms with Gasteiger partial charge in [-0.2, -0.15) is 0 Å². The molecule has 1 aromatic carbocycles. The molecule has 3 nitrogen and oxygen atoms in total. The second kappa shape index (κ2) is 4.77. The molecule has 0 aliphatic rings. The van der Waals surface area contributed by atoms with E-state index in [2.05, 4.69) is 0 Å². The minimum absolute atomic E-state index is 0.187. The molecule has 2 rings (SSSR count). The number of ketones is 1. The second-order valence-corrected chi connectivity index (χ2v) is 3.59. The lowest BCUT2D eigenvalue weighted by atomic mass is 10.0. The third-order valence-corrected chi connectivity index (χ3v) is 2.38. The Kier molecular flexibility index (Phi) is 3.17. The van der Waals surface area contributed by atoms with Crippen molar-refractivity contribution in [2.24, 2.45) is 0 Å². The Balaban J connectivity index is 2.05. The summed E-state index contributed by atoms with van der Waals surface area (Å²) in [5.74, 6) is -0.229. The maximum absolute atomic E-state index is 11.7. The van der Waals surface area contributed by atoms with Crippen molar-refractivity contribution in [2.45, 2.75) is 12.5 Å². The van der Waals surface area contributed by atoms with Gasteiger partial charge in [0, 0.05) is 6.42 Å². The molecule has 3 heteroatoms. The number of furan rings is 1. The van der Waals surface area contributed by atoms with Gasteiger partial charge in [-0.3, -0.25) is 4.79 Å². The first-order chi connectivity index (χ1) is 7.77. The van der Waals surface area contributed by atoms with Crippen LogP contribution in [0.3, 0.4) is 0 Å². The molecule has 1 N–H and O–H groups in total. The van der Waals surface area contributed by atoms with Crippen molar-refractivity contribution >= 4 is 5.78 Å². The summed E-state index contributed by atoms with van der Waals surface area (Å²) in [4.78, 5) is 11.7. The van der Waals surface area contributed by atoms with E-state index >= 15 is 0 Å². The van der Waals surface area contributed by atoms with Crippen molar-refractivity contribution in [2.75, 3.05) is 0 Å². The van der Waals surface area contributed by atoms with Crippen LogP contribution >= 0.6 is 0 Å². The lowest BCUT2D eigenvalue weighted by Gasteiger charge is -2.08. The molecule has 0 aliphatic carbocycles. The monoisotopic (exact) mass is 216 g/mol. The summed E-state index contributed by atoms with van der Waals surface area (Å²) in [5, 5.41) is 9.81. The summed E-state index contributed by atoms with van der Waals surface area (Å²) in [5.41, 5.74) is 1.40. The normalized spacial score (nSPS) is 12.3. The largest absolute Gasteiger partial charge is 0.472 e. The van der Waals surface area contributed by atoms with E-state index in [1.54, 1.807) is 30.3 Å². The maximum atomic E-state index is 11.7. The van der Waals surface area contributed by atoms with Gasteiger partial charge in [0.15, 0.2) is 5.78 Å². The van der Waals surface area contributed by atoms with Gasteiger partial charge >= 0.3 is 0 Å². The molecule has 1 heterocycles. The van der Waals surface area contributed by atoms with E-state index in [1.165, 1.54) is 12.5 Å². The molecule has 16 heavy (non-hydrogen) atoms. The molecule has 0 amide bonds. The van der Waals surface area contributed by atoms with Crippen LogP contribution in [0.15, 0.2) is 53.3 Å². The Bertz CT molecular complexity index is 445. The fraction of sp³-hybridized carbons (Fsp3) is 0.154. The summed E-state index contributed by atoms with van der Waals surface area (Å²) in [6, 6.07) is 10.6. The third kappa shape index (κ3) is 2.38. The van der Waals surface area contributed by atoms with Crippen LogP contribution in [0, 0.1) is 0 Å². The van der Waals surface area contributed by atoms with Crippen molar-refractivity contribution < 1.29 is 14.3 Å². The molecule has 0 saturated carbocycles. The minimum Gasteiger partial charge on any atom is -0.472 e. The molecule has 0 radical (unpaired) electrons. The fourth-order valence-corrected chi connectivity index (χ4v) is 1.51. The SMILES string of the molecule is O=C(Cc1ccoc1)C(O)c1ccccc1. The van der Waals surface area contributed by atoms with Crippen molar-refractivity contribution in [3.8, 4) is 0 Å². The molecule has 2 aromatic rings. The number of rotatable bonds is 4. The molecule has 0 fully saturated rings. The van der Waals surface area contributed by atoms with E-state index < -0.39 is 6.10 Å². The van der Waals surface area contributed by atoms with E-state index in [0.29, 0.717) is 5.56 Å². The molecule has 1 unspecified atom stereocenters. The van der Waals surface area contributed by atoms with Gasteiger partial charge in [0.2, 0.25) is 0 Å². The smallest absolute Gasteiger partial charge is 0.170 e. The third-order valence-electron chi connectivity index (χ3n) is 2.38. The molecule has 82 valence electrons. The standard InChI is InChI=1S/C13H12O3/c14-12(8-10-6-7-16-9-10)13(15)11-4-2-1-3-5-11/h1-7,9,13,15H,8H2. The zero-order valence-corrected chi connectivity index (χ0v) is 8.67. The summed E-state index contributed by atoms with van der Waals surface area (Å²) in [6.07, 6.45) is 2.15. The summed E-state index contributed by atoms with van der Waals surface area (Å²) in [7, 11) is 0. The predicted molar refractivity (Wildman–Crippen MR) is 58.8 cm³/mol. The van der Waals surface area contributed by atoms with E-state index in [0.717, 1.165) is 5.56 Å². The van der Waals surface area contributed by atoms with Gasteiger partial charge in [0.1, 0.15) is 6.10 Å². The maximum Gasteiger partial charge on any atom is 0.170 e. The molecule has 1 atom stereocenters. The lowest BCUT2D eigenvalue weighted by Crippen LogP contribution is -2.14. The van der Waals surface area contributed by atoms with Gasteiger partial charge in [0.25, 0.3) is 0 Å². The van der Waals surface area contributed by atoms with Crippen molar-refractivity contribution in [3.05, 3.63) is 60.1 Å². The van der Waals surface area contributed by atoms with Crippen LogP contribution in [-0.4, -0.2) is 10.9 Å². The first-order valence-corrected chi connectivity index (χ1v) is 5.04. The van der Waals surface area contributed by atoms with Crippen LogP contribution in [0.5, 0.6) is 0 Å². The van der Waals surface area contributed by atoms with Crippen LogP contribution in [0.2, 0.25) is 0 Å². The van der Waals surface area contributed by atoms with E-state index in [4.69, 9.17) is 4.42 Å². The van der Waals surface area contributed by atoms with Crippen LogP contribution in [0.1, 0.15) is 17.2 Å². The summed E-state index contributed by atoms with van der Waals surface area (Å²) in [6.45, 7) is 0. The van der Waals surface area contributed by atoms with Crippen LogP contribution < -0.4 is 0 Å². The van der Waals surface area contributed by atoms with E-state index in [1.807, 2.05) is 6.07 Å². The molecular weight excluding hydrogens is 204 g/mol. The molecule has 0 bridgehead atoms. The summed E-state index contributed by atoms with van der Waals surface area (Å²) < 4.78 is 4.87. The molecule has 0 aliphatic heterocycles. The predicted octanol–water partition coefficient (Wildman–Crippen LogP) is 2.12. The minimum atomic E-state index is -1.06. The number of carbonyl (C=O) groups excluding carboxylic acids is 1. The van der Waals surface area contributed by atoms with Crippen LogP contribution in [-0.2, 0) is 11.2 Å². The fourth-order valence-electron chi connectivity index (χ4n) is 1.51. The topological polar surface area (TPSA) is 50.4 Å². The van der Waals surface area contributed by atoms with Crippen molar-refractivity contribution in [1.82, 2.24) is 0 Å². The first kappa shape index (κ1) is 10.6. The summed E-state index contributed by atoms with van der Waals surface area (Å²) >= 11 is 0. The molecule has 0 saturated heterocycles. The molecule has 1 aromatic heterocycles. The Hall–Kier alpha value is -1.87. The number of carbonyl (C=O) groups is 1. The first-order valence-electron chi connectivity index (χ1n) is 5.04. The van der Waals surface area contributed by atoms with Crippen LogP contribution in [0.4, 0.5) is 0 Å². The zero-order chi connectivity index (χ0) is 11.4. The number of aliphatic hydroxyl groups is 1. The number of hydrogen-bond acceptors (Lipinski definition) is 3. The highest BCUT2D eigenvalue weighted by Crippen LogP contribution is 2.15. The number of hydrogen-bond donors (Lipinski definition) is 1. The Morgan fingerprint density at radius 3 is 2.62 bits per heavy atom. The number of benzene rings is 1. The lowest BCUT2D eigenvalue weighted by molar-refractivity contribution is -0.126.